The van der Waals surface area contributed by atoms with Gasteiger partial charge in [-0.3, -0.25) is 4.79 Å². The van der Waals surface area contributed by atoms with E-state index in [0.29, 0.717) is 41.1 Å². The molecule has 4 rings (SSSR count). The van der Waals surface area contributed by atoms with Crippen LogP contribution in [0.3, 0.4) is 0 Å². The van der Waals surface area contributed by atoms with Gasteiger partial charge in [0.25, 0.3) is 0 Å². The Labute approximate surface area is 171 Å². The van der Waals surface area contributed by atoms with E-state index in [9.17, 15) is 13.2 Å². The lowest BCUT2D eigenvalue weighted by Gasteiger charge is -2.31. The first-order valence-corrected chi connectivity index (χ1v) is 11.3. The van der Waals surface area contributed by atoms with Crippen LogP contribution in [-0.4, -0.2) is 40.5 Å². The van der Waals surface area contributed by atoms with Gasteiger partial charge < -0.3 is 5.32 Å². The predicted molar refractivity (Wildman–Crippen MR) is 109 cm³/mol. The highest BCUT2D eigenvalue weighted by Gasteiger charge is 2.34. The summed E-state index contributed by atoms with van der Waals surface area (Å²) in [7, 11) is -3.76. The van der Waals surface area contributed by atoms with Crippen molar-refractivity contribution in [3.05, 3.63) is 47.5 Å². The lowest BCUT2D eigenvalue weighted by atomic mass is 9.99. The Balaban J connectivity index is 1.53. The van der Waals surface area contributed by atoms with E-state index >= 15 is 0 Å². The maximum Gasteiger partial charge on any atom is 0.245 e. The van der Waals surface area contributed by atoms with Crippen molar-refractivity contribution in [1.29, 1.82) is 0 Å². The lowest BCUT2D eigenvalue weighted by molar-refractivity contribution is -0.120. The van der Waals surface area contributed by atoms with Gasteiger partial charge in [-0.25, -0.2) is 8.42 Å². The molecule has 1 aromatic heterocycles. The number of nitrogens with zero attached hydrogens (tertiary/aromatic N) is 3. The molecule has 0 saturated carbocycles. The largest absolute Gasteiger partial charge is 0.326 e. The Kier molecular flexibility index (Phi) is 5.33. The summed E-state index contributed by atoms with van der Waals surface area (Å²) in [6.45, 7) is 0.511. The number of rotatable bonds is 4. The van der Waals surface area contributed by atoms with Crippen LogP contribution in [0, 0.1) is 5.92 Å². The highest BCUT2D eigenvalue weighted by Crippen LogP contribution is 2.28. The minimum Gasteiger partial charge on any atom is -0.326 e. The molecule has 7 nitrogen and oxygen atoms in total. The number of hydrogen-bond donors (Lipinski definition) is 1. The van der Waals surface area contributed by atoms with Crippen molar-refractivity contribution in [2.75, 3.05) is 18.4 Å². The summed E-state index contributed by atoms with van der Waals surface area (Å²) >= 11 is 6.84. The Morgan fingerprint density at radius 2 is 1.96 bits per heavy atom. The summed E-state index contributed by atoms with van der Waals surface area (Å²) in [6.07, 6.45) is 1.25. The molecule has 0 spiro atoms. The molecule has 1 aliphatic heterocycles. The Morgan fingerprint density at radius 3 is 2.75 bits per heavy atom. The van der Waals surface area contributed by atoms with E-state index in [1.807, 2.05) is 0 Å². The van der Waals surface area contributed by atoms with Crippen LogP contribution in [0.15, 0.2) is 47.4 Å². The number of benzene rings is 2. The molecule has 1 amide bonds. The van der Waals surface area contributed by atoms with Gasteiger partial charge in [-0.15, -0.1) is 0 Å². The molecule has 3 aromatic rings. The van der Waals surface area contributed by atoms with Crippen molar-refractivity contribution < 1.29 is 13.2 Å². The molecule has 146 valence electrons. The van der Waals surface area contributed by atoms with Crippen LogP contribution in [0.4, 0.5) is 5.69 Å². The number of anilines is 1. The van der Waals surface area contributed by atoms with Crippen LogP contribution in [0.25, 0.3) is 11.0 Å². The Morgan fingerprint density at radius 1 is 1.18 bits per heavy atom. The van der Waals surface area contributed by atoms with Gasteiger partial charge in [-0.1, -0.05) is 17.7 Å². The van der Waals surface area contributed by atoms with E-state index in [1.165, 1.54) is 10.4 Å². The fraction of sp³-hybridized carbons (Fsp3) is 0.278. The van der Waals surface area contributed by atoms with Gasteiger partial charge in [-0.2, -0.15) is 13.1 Å². The minimum absolute atomic E-state index is 0.135. The molecule has 1 unspecified atom stereocenters. The standard InChI is InChI=1S/C18H17ClN4O3S2/c19-13-6-8-14(9-7-13)20-18(24)12-3-2-10-23(11-12)28(25,26)16-5-1-4-15-17(16)22-27-21-15/h1,4-9,12H,2-3,10-11H2,(H,20,24). The molecule has 1 atom stereocenters. The summed E-state index contributed by atoms with van der Waals surface area (Å²) in [6, 6.07) is 11.7. The summed E-state index contributed by atoms with van der Waals surface area (Å²) in [5.74, 6) is -0.622. The maximum atomic E-state index is 13.2. The van der Waals surface area contributed by atoms with Gasteiger partial charge in [0, 0.05) is 23.8 Å². The molecule has 28 heavy (non-hydrogen) atoms. The highest BCUT2D eigenvalue weighted by molar-refractivity contribution is 7.89. The Bertz CT molecular complexity index is 1120. The molecule has 1 N–H and O–H groups in total. The fourth-order valence-electron chi connectivity index (χ4n) is 3.28. The number of carbonyl (C=O) groups excluding carboxylic acids is 1. The molecular weight excluding hydrogens is 420 g/mol. The quantitative estimate of drug-likeness (QED) is 0.676. The van der Waals surface area contributed by atoms with Crippen molar-refractivity contribution >= 4 is 56.0 Å². The topological polar surface area (TPSA) is 92.3 Å². The number of piperidine rings is 1. The number of nitrogens with one attached hydrogen (secondary N) is 1. The van der Waals surface area contributed by atoms with E-state index in [0.717, 1.165) is 11.7 Å². The first-order chi connectivity index (χ1) is 13.4. The number of halogens is 1. The van der Waals surface area contributed by atoms with E-state index in [2.05, 4.69) is 14.1 Å². The second-order valence-electron chi connectivity index (χ2n) is 6.59. The molecule has 10 heteroatoms. The normalized spacial score (nSPS) is 18.2. The van der Waals surface area contributed by atoms with E-state index in [4.69, 9.17) is 11.6 Å². The van der Waals surface area contributed by atoms with E-state index in [-0.39, 0.29) is 17.3 Å². The zero-order valence-electron chi connectivity index (χ0n) is 14.7. The van der Waals surface area contributed by atoms with Crippen molar-refractivity contribution in [2.45, 2.75) is 17.7 Å². The second-order valence-corrected chi connectivity index (χ2v) is 9.46. The molecule has 0 bridgehead atoms. The summed E-state index contributed by atoms with van der Waals surface area (Å²) in [5, 5.41) is 3.42. The van der Waals surface area contributed by atoms with Crippen molar-refractivity contribution in [2.24, 2.45) is 5.92 Å². The van der Waals surface area contributed by atoms with Crippen LogP contribution in [0.5, 0.6) is 0 Å². The SMILES string of the molecule is O=C(Nc1ccc(Cl)cc1)C1CCCN(S(=O)(=O)c2cccc3nsnc23)C1. The first-order valence-electron chi connectivity index (χ1n) is 8.73. The monoisotopic (exact) mass is 436 g/mol. The third-order valence-corrected chi connectivity index (χ3v) is 7.42. The van der Waals surface area contributed by atoms with Crippen molar-refractivity contribution in [3.63, 3.8) is 0 Å². The van der Waals surface area contributed by atoms with Gasteiger partial charge in [0.1, 0.15) is 15.9 Å². The van der Waals surface area contributed by atoms with E-state index < -0.39 is 15.9 Å². The maximum absolute atomic E-state index is 13.2. The first kappa shape index (κ1) is 19.3. The fourth-order valence-corrected chi connectivity index (χ4v) is 5.68. The number of aromatic nitrogens is 2. The molecule has 1 saturated heterocycles. The van der Waals surface area contributed by atoms with Crippen molar-refractivity contribution in [3.8, 4) is 0 Å². The summed E-state index contributed by atoms with van der Waals surface area (Å²) < 4.78 is 36.0. The average Bonchev–Trinajstić information content (AvgIpc) is 3.18. The molecular formula is C18H17ClN4O3S2. The number of carbonyl (C=O) groups is 1. The van der Waals surface area contributed by atoms with E-state index in [1.54, 1.807) is 36.4 Å². The third kappa shape index (κ3) is 3.75. The van der Waals surface area contributed by atoms with Crippen LogP contribution < -0.4 is 5.32 Å². The molecule has 2 heterocycles. The van der Waals surface area contributed by atoms with Gasteiger partial charge >= 0.3 is 0 Å². The molecule has 0 aliphatic carbocycles. The zero-order valence-corrected chi connectivity index (χ0v) is 17.1. The molecule has 0 radical (unpaired) electrons. The minimum atomic E-state index is -3.76. The zero-order chi connectivity index (χ0) is 19.7. The highest BCUT2D eigenvalue weighted by atomic mass is 35.5. The number of amides is 1. The van der Waals surface area contributed by atoms with Gasteiger partial charge in [-0.05, 0) is 49.2 Å². The second kappa shape index (κ2) is 7.75. The molecule has 2 aromatic carbocycles. The third-order valence-electron chi connectivity index (χ3n) is 4.73. The number of hydrogen-bond acceptors (Lipinski definition) is 6. The number of sulfonamides is 1. The predicted octanol–water partition coefficient (Wildman–Crippen LogP) is 3.38. The van der Waals surface area contributed by atoms with Gasteiger partial charge in [0.15, 0.2) is 0 Å². The summed E-state index contributed by atoms with van der Waals surface area (Å²) in [4.78, 5) is 12.8. The van der Waals surface area contributed by atoms with Gasteiger partial charge in [0.05, 0.1) is 17.6 Å². The number of fused-ring (bicyclic) bond motifs is 1. The molecule has 1 fully saturated rings. The average molecular weight is 437 g/mol. The van der Waals surface area contributed by atoms with Crippen molar-refractivity contribution in [1.82, 2.24) is 13.1 Å². The Hall–Kier alpha value is -2.07. The lowest BCUT2D eigenvalue weighted by Crippen LogP contribution is -2.43. The van der Waals surface area contributed by atoms with Crippen LogP contribution in [-0.2, 0) is 14.8 Å². The van der Waals surface area contributed by atoms with Gasteiger partial charge in [0.2, 0.25) is 15.9 Å². The summed E-state index contributed by atoms with van der Waals surface area (Å²) in [5.41, 5.74) is 1.56. The molecule has 1 aliphatic rings. The smallest absolute Gasteiger partial charge is 0.245 e. The van der Waals surface area contributed by atoms with Crippen LogP contribution in [0.1, 0.15) is 12.8 Å². The van der Waals surface area contributed by atoms with Crippen LogP contribution in [0.2, 0.25) is 5.02 Å². The van der Waals surface area contributed by atoms with Crippen LogP contribution >= 0.6 is 23.3 Å².